The third-order valence-electron chi connectivity index (χ3n) is 11.0. The predicted octanol–water partition coefficient (Wildman–Crippen LogP) is 7.28. The molecule has 1 heterocycles. The van der Waals surface area contributed by atoms with Crippen LogP contribution < -0.4 is 27.0 Å². The monoisotopic (exact) mass is 522 g/mol. The van der Waals surface area contributed by atoms with Crippen molar-refractivity contribution >= 4 is 40.4 Å². The molecule has 6 rings (SSSR count). The standard InChI is InChI=1S/C36H48BP/c1-25-21-27(3)35(28(4)22-25)37(6)32-19-13-14-20-34(32)38(30-15-9-7-10-16-30,31-17-11-8-12-18-31)36-29(5)23-26(2)24-33(36)37/h13-14,19-24,30-31H,7-12,15-18H2,1-6H3. The highest BCUT2D eigenvalue weighted by molar-refractivity contribution is 7.92. The van der Waals surface area contributed by atoms with Crippen molar-refractivity contribution in [1.29, 1.82) is 0 Å². The van der Waals surface area contributed by atoms with Crippen molar-refractivity contribution in [3.8, 4) is 0 Å². The summed E-state index contributed by atoms with van der Waals surface area (Å²) in [7, 11) is -1.60. The summed E-state index contributed by atoms with van der Waals surface area (Å²) in [6.45, 7) is 14.5. The molecule has 0 bridgehead atoms. The normalized spacial score (nSPS) is 23.6. The molecule has 0 N–H and O–H groups in total. The first-order valence-corrected chi connectivity index (χ1v) is 17.6. The van der Waals surface area contributed by atoms with Crippen LogP contribution in [0.3, 0.4) is 0 Å². The van der Waals surface area contributed by atoms with Crippen molar-refractivity contribution in [2.24, 2.45) is 0 Å². The van der Waals surface area contributed by atoms with Gasteiger partial charge in [-0.2, -0.15) is 23.2 Å². The van der Waals surface area contributed by atoms with Gasteiger partial charge in [-0.1, -0.05) is 77.6 Å². The van der Waals surface area contributed by atoms with Gasteiger partial charge in [-0.05, 0) is 97.6 Å². The Labute approximate surface area is 233 Å². The SMILES string of the molecule is Cc1cc(C)c([B-]2(C)c3ccccc3[P+](C3CCCCC3)(C3CCCCC3)c3c(C)cc(C)cc32)c(C)c1. The van der Waals surface area contributed by atoms with Gasteiger partial charge in [-0.15, -0.1) is 0 Å². The molecular formula is C36H48BP. The Morgan fingerprint density at radius 2 is 1.11 bits per heavy atom. The van der Waals surface area contributed by atoms with Crippen LogP contribution in [-0.4, -0.2) is 17.5 Å². The molecule has 0 radical (unpaired) electrons. The molecule has 38 heavy (non-hydrogen) atoms. The van der Waals surface area contributed by atoms with Gasteiger partial charge < -0.3 is 0 Å². The maximum absolute atomic E-state index is 2.66. The van der Waals surface area contributed by atoms with E-state index in [0.717, 1.165) is 11.3 Å². The Morgan fingerprint density at radius 3 is 1.68 bits per heavy atom. The molecule has 1 unspecified atom stereocenters. The topological polar surface area (TPSA) is 0 Å². The fourth-order valence-corrected chi connectivity index (χ4v) is 17.2. The molecule has 3 aromatic carbocycles. The predicted molar refractivity (Wildman–Crippen MR) is 173 cm³/mol. The van der Waals surface area contributed by atoms with Crippen LogP contribution in [-0.2, 0) is 0 Å². The minimum Gasteiger partial charge on any atom is -0.194 e. The Kier molecular flexibility index (Phi) is 6.92. The third kappa shape index (κ3) is 3.82. The molecule has 2 aliphatic carbocycles. The second-order valence-electron chi connectivity index (χ2n) is 13.6. The summed E-state index contributed by atoms with van der Waals surface area (Å²) in [5.74, 6) is 0. The van der Waals surface area contributed by atoms with Gasteiger partial charge in [0, 0.05) is 0 Å². The lowest BCUT2D eigenvalue weighted by molar-refractivity contribution is 0.483. The smallest absolute Gasteiger partial charge is 0.0891 e. The van der Waals surface area contributed by atoms with Gasteiger partial charge in [0.2, 0.25) is 0 Å². The fourth-order valence-electron chi connectivity index (χ4n) is 9.99. The zero-order chi connectivity index (χ0) is 26.7. The summed E-state index contributed by atoms with van der Waals surface area (Å²) in [4.78, 5) is 0. The molecule has 2 saturated carbocycles. The van der Waals surface area contributed by atoms with Crippen LogP contribution in [0.2, 0.25) is 6.82 Å². The largest absolute Gasteiger partial charge is 0.194 e. The van der Waals surface area contributed by atoms with Crippen LogP contribution in [0.1, 0.15) is 92.0 Å². The molecular weight excluding hydrogens is 474 g/mol. The molecule has 0 nitrogen and oxygen atoms in total. The van der Waals surface area contributed by atoms with Crippen LogP contribution >= 0.6 is 7.26 Å². The fraction of sp³-hybridized carbons (Fsp3) is 0.500. The van der Waals surface area contributed by atoms with E-state index in [9.17, 15) is 0 Å². The average molecular weight is 523 g/mol. The summed E-state index contributed by atoms with van der Waals surface area (Å²) in [6.07, 6.45) is 13.3. The first-order chi connectivity index (χ1) is 18.3. The van der Waals surface area contributed by atoms with E-state index in [-0.39, 0.29) is 0 Å². The summed E-state index contributed by atoms with van der Waals surface area (Å²) in [6, 6.07) is 20.1. The van der Waals surface area contributed by atoms with Crippen LogP contribution in [0.15, 0.2) is 48.5 Å². The van der Waals surface area contributed by atoms with Gasteiger partial charge in [0.25, 0.3) is 0 Å². The third-order valence-corrected chi connectivity index (χ3v) is 16.9. The van der Waals surface area contributed by atoms with Crippen molar-refractivity contribution in [2.45, 2.75) is 117 Å². The summed E-state index contributed by atoms with van der Waals surface area (Å²) in [5, 5.41) is 3.68. The summed E-state index contributed by atoms with van der Waals surface area (Å²) >= 11 is 0. The Hall–Kier alpha value is -1.85. The lowest BCUT2D eigenvalue weighted by Crippen LogP contribution is -2.77. The maximum atomic E-state index is 2.66. The Bertz CT molecular complexity index is 1320. The number of benzene rings is 3. The van der Waals surface area contributed by atoms with Gasteiger partial charge >= 0.3 is 0 Å². The summed E-state index contributed by atoms with van der Waals surface area (Å²) < 4.78 is 0. The maximum Gasteiger partial charge on any atom is 0.0891 e. The number of hydrogen-bond donors (Lipinski definition) is 0. The lowest BCUT2D eigenvalue weighted by Gasteiger charge is -2.55. The van der Waals surface area contributed by atoms with Gasteiger partial charge in [-0.3, -0.25) is 0 Å². The number of fused-ring (bicyclic) bond motifs is 2. The van der Waals surface area contributed by atoms with E-state index in [4.69, 9.17) is 0 Å². The molecule has 2 heteroatoms. The molecule has 1 atom stereocenters. The van der Waals surface area contributed by atoms with Gasteiger partial charge in [0.15, 0.2) is 0 Å². The van der Waals surface area contributed by atoms with Crippen molar-refractivity contribution in [3.05, 3.63) is 76.3 Å². The second kappa shape index (κ2) is 9.96. The van der Waals surface area contributed by atoms with Crippen molar-refractivity contribution in [1.82, 2.24) is 0 Å². The highest BCUT2D eigenvalue weighted by Gasteiger charge is 2.60. The zero-order valence-corrected chi connectivity index (χ0v) is 25.8. The highest BCUT2D eigenvalue weighted by atomic mass is 31.2. The van der Waals surface area contributed by atoms with Gasteiger partial charge in [-0.25, -0.2) is 0 Å². The lowest BCUT2D eigenvalue weighted by atomic mass is 9.16. The van der Waals surface area contributed by atoms with Crippen LogP contribution in [0.4, 0.5) is 0 Å². The second-order valence-corrected chi connectivity index (χ2v) is 17.5. The molecule has 0 saturated heterocycles. The molecule has 3 aromatic rings. The molecule has 0 spiro atoms. The number of rotatable bonds is 3. The molecule has 0 amide bonds. The van der Waals surface area contributed by atoms with E-state index in [2.05, 4.69) is 90.0 Å². The summed E-state index contributed by atoms with van der Waals surface area (Å²) in [5.41, 5.74) is 14.2. The molecule has 2 fully saturated rings. The van der Waals surface area contributed by atoms with E-state index in [1.165, 1.54) is 86.5 Å². The Morgan fingerprint density at radius 1 is 0.605 bits per heavy atom. The van der Waals surface area contributed by atoms with Crippen LogP contribution in [0, 0.1) is 34.6 Å². The molecule has 0 aromatic heterocycles. The Balaban J connectivity index is 1.77. The molecule has 3 aliphatic rings. The minimum atomic E-state index is -1.60. The number of aryl methyl sites for hydroxylation is 5. The van der Waals surface area contributed by atoms with Crippen molar-refractivity contribution in [3.63, 3.8) is 0 Å². The molecule has 200 valence electrons. The average Bonchev–Trinajstić information content (AvgIpc) is 2.90. The number of hydrogen-bond acceptors (Lipinski definition) is 0. The first-order valence-electron chi connectivity index (χ1n) is 15.7. The van der Waals surface area contributed by atoms with E-state index in [1.54, 1.807) is 22.0 Å². The van der Waals surface area contributed by atoms with Crippen LogP contribution in [0.25, 0.3) is 0 Å². The quantitative estimate of drug-likeness (QED) is 0.251. The van der Waals surface area contributed by atoms with E-state index in [0.29, 0.717) is 0 Å². The van der Waals surface area contributed by atoms with Gasteiger partial charge in [0.1, 0.15) is 0 Å². The van der Waals surface area contributed by atoms with E-state index in [1.807, 2.05) is 10.6 Å². The van der Waals surface area contributed by atoms with Crippen molar-refractivity contribution < 1.29 is 0 Å². The highest BCUT2D eigenvalue weighted by Crippen LogP contribution is 2.71. The van der Waals surface area contributed by atoms with Gasteiger partial charge in [0.05, 0.1) is 35.3 Å². The van der Waals surface area contributed by atoms with Crippen LogP contribution in [0.5, 0.6) is 0 Å². The van der Waals surface area contributed by atoms with Crippen molar-refractivity contribution in [2.75, 3.05) is 0 Å². The van der Waals surface area contributed by atoms with E-state index < -0.39 is 13.4 Å². The first kappa shape index (κ1) is 26.4. The zero-order valence-electron chi connectivity index (χ0n) is 24.9. The van der Waals surface area contributed by atoms with E-state index >= 15 is 0 Å². The minimum absolute atomic E-state index is 0.862. The molecule has 1 aliphatic heterocycles.